The molecule has 0 bridgehead atoms. The second-order valence-electron chi connectivity index (χ2n) is 4.46. The monoisotopic (exact) mass is 361 g/mol. The van der Waals surface area contributed by atoms with E-state index in [0.29, 0.717) is 0 Å². The molecular weight excluding hydrogens is 342 g/mol. The minimum atomic E-state index is 1.14. The first-order valence-corrected chi connectivity index (χ1v) is 7.83. The van der Waals surface area contributed by atoms with E-state index in [1.807, 2.05) is 7.05 Å². The van der Waals surface area contributed by atoms with Crippen LogP contribution in [0.4, 0.5) is 0 Å². The Balaban J connectivity index is 2.34. The topological polar surface area (TPSA) is 12.0 Å². The average Bonchev–Trinajstić information content (AvgIpc) is 2.30. The van der Waals surface area contributed by atoms with E-state index in [2.05, 4.69) is 56.2 Å². The van der Waals surface area contributed by atoms with Crippen molar-refractivity contribution in [2.75, 3.05) is 13.6 Å². The number of nitrogens with one attached hydrogen (secondary N) is 1. The molecule has 0 unspecified atom stereocenters. The number of benzene rings is 1. The van der Waals surface area contributed by atoms with Gasteiger partial charge >= 0.3 is 0 Å². The van der Waals surface area contributed by atoms with Gasteiger partial charge in [0.05, 0.1) is 0 Å². The minimum Gasteiger partial charge on any atom is -0.320 e. The van der Waals surface area contributed by atoms with E-state index in [-0.39, 0.29) is 0 Å². The van der Waals surface area contributed by atoms with Gasteiger partial charge in [0.2, 0.25) is 0 Å². The molecule has 3 heteroatoms. The molecule has 1 nitrogen and oxygen atoms in total. The van der Waals surface area contributed by atoms with Gasteiger partial charge in [-0.15, -0.1) is 0 Å². The molecule has 17 heavy (non-hydrogen) atoms. The molecule has 0 aliphatic heterocycles. The van der Waals surface area contributed by atoms with Crippen molar-refractivity contribution in [2.24, 2.45) is 0 Å². The summed E-state index contributed by atoms with van der Waals surface area (Å²) in [6, 6.07) is 4.44. The SMILES string of the molecule is CNCCCCCCc1cc(Br)c(C)cc1Br. The summed E-state index contributed by atoms with van der Waals surface area (Å²) in [5.74, 6) is 0. The van der Waals surface area contributed by atoms with E-state index >= 15 is 0 Å². The molecule has 1 aromatic carbocycles. The summed E-state index contributed by atoms with van der Waals surface area (Å²) in [5.41, 5.74) is 2.70. The lowest BCUT2D eigenvalue weighted by Crippen LogP contribution is -2.06. The van der Waals surface area contributed by atoms with Crippen molar-refractivity contribution >= 4 is 31.9 Å². The van der Waals surface area contributed by atoms with Gasteiger partial charge in [-0.3, -0.25) is 0 Å². The smallest absolute Gasteiger partial charge is 0.0210 e. The van der Waals surface area contributed by atoms with Gasteiger partial charge in [-0.05, 0) is 63.0 Å². The highest BCUT2D eigenvalue weighted by Gasteiger charge is 2.03. The summed E-state index contributed by atoms with van der Waals surface area (Å²) in [6.07, 6.45) is 6.37. The number of hydrogen-bond donors (Lipinski definition) is 1. The van der Waals surface area contributed by atoms with Crippen LogP contribution in [0.1, 0.15) is 36.8 Å². The highest BCUT2D eigenvalue weighted by atomic mass is 79.9. The van der Waals surface area contributed by atoms with Crippen LogP contribution in [0.2, 0.25) is 0 Å². The molecule has 0 radical (unpaired) electrons. The lowest BCUT2D eigenvalue weighted by molar-refractivity contribution is 0.616. The zero-order valence-electron chi connectivity index (χ0n) is 10.7. The maximum absolute atomic E-state index is 3.64. The maximum atomic E-state index is 3.64. The zero-order chi connectivity index (χ0) is 12.7. The Labute approximate surface area is 122 Å². The highest BCUT2D eigenvalue weighted by molar-refractivity contribution is 9.11. The summed E-state index contributed by atoms with van der Waals surface area (Å²) in [7, 11) is 2.01. The predicted octanol–water partition coefficient (Wildman–Crippen LogP) is 4.84. The van der Waals surface area contributed by atoms with Crippen molar-refractivity contribution in [2.45, 2.75) is 39.0 Å². The van der Waals surface area contributed by atoms with Crippen LogP contribution in [-0.2, 0) is 6.42 Å². The zero-order valence-corrected chi connectivity index (χ0v) is 13.8. The Hall–Kier alpha value is 0.140. The van der Waals surface area contributed by atoms with Crippen LogP contribution < -0.4 is 5.32 Å². The molecule has 1 rings (SSSR count). The second-order valence-corrected chi connectivity index (χ2v) is 6.17. The lowest BCUT2D eigenvalue weighted by atomic mass is 10.0. The Morgan fingerprint density at radius 3 is 2.41 bits per heavy atom. The minimum absolute atomic E-state index is 1.14. The summed E-state index contributed by atoms with van der Waals surface area (Å²) >= 11 is 7.24. The molecule has 0 saturated carbocycles. The first-order chi connectivity index (χ1) is 8.15. The van der Waals surface area contributed by atoms with Gasteiger partial charge < -0.3 is 5.32 Å². The Kier molecular flexibility index (Phi) is 7.40. The molecule has 0 saturated heterocycles. The van der Waals surface area contributed by atoms with E-state index in [1.165, 1.54) is 52.2 Å². The van der Waals surface area contributed by atoms with Crippen LogP contribution in [0.3, 0.4) is 0 Å². The third-order valence-corrected chi connectivity index (χ3v) is 4.54. The molecule has 1 N–H and O–H groups in total. The molecule has 0 fully saturated rings. The molecule has 0 spiro atoms. The Morgan fingerprint density at radius 2 is 1.71 bits per heavy atom. The van der Waals surface area contributed by atoms with Crippen molar-refractivity contribution < 1.29 is 0 Å². The van der Waals surface area contributed by atoms with Crippen molar-refractivity contribution in [1.82, 2.24) is 5.32 Å². The quantitative estimate of drug-likeness (QED) is 0.684. The highest BCUT2D eigenvalue weighted by Crippen LogP contribution is 2.26. The van der Waals surface area contributed by atoms with Gasteiger partial charge in [-0.25, -0.2) is 0 Å². The van der Waals surface area contributed by atoms with Gasteiger partial charge in [-0.2, -0.15) is 0 Å². The molecule has 0 atom stereocenters. The van der Waals surface area contributed by atoms with Gasteiger partial charge in [0.25, 0.3) is 0 Å². The lowest BCUT2D eigenvalue weighted by Gasteiger charge is -2.08. The fourth-order valence-electron chi connectivity index (χ4n) is 1.85. The molecule has 0 aromatic heterocycles. The summed E-state index contributed by atoms with van der Waals surface area (Å²) in [6.45, 7) is 3.26. The van der Waals surface area contributed by atoms with Crippen molar-refractivity contribution in [3.8, 4) is 0 Å². The molecule has 1 aromatic rings. The molecule has 0 aliphatic carbocycles. The van der Waals surface area contributed by atoms with Gasteiger partial charge in [0.15, 0.2) is 0 Å². The number of aryl methyl sites for hydroxylation is 2. The third kappa shape index (κ3) is 5.54. The van der Waals surface area contributed by atoms with E-state index in [1.54, 1.807) is 0 Å². The fourth-order valence-corrected chi connectivity index (χ4v) is 2.90. The standard InChI is InChI=1S/C14H21Br2N/c1-11-9-14(16)12(10-13(11)15)7-5-3-4-6-8-17-2/h9-10,17H,3-8H2,1-2H3. The Bertz CT molecular complexity index is 350. The maximum Gasteiger partial charge on any atom is 0.0210 e. The van der Waals surface area contributed by atoms with Crippen molar-refractivity contribution in [3.63, 3.8) is 0 Å². The first-order valence-electron chi connectivity index (χ1n) is 6.24. The number of unbranched alkanes of at least 4 members (excludes halogenated alkanes) is 3. The van der Waals surface area contributed by atoms with Gasteiger partial charge in [-0.1, -0.05) is 44.7 Å². The van der Waals surface area contributed by atoms with Crippen molar-refractivity contribution in [3.05, 3.63) is 32.2 Å². The van der Waals surface area contributed by atoms with Crippen LogP contribution in [0.25, 0.3) is 0 Å². The van der Waals surface area contributed by atoms with E-state index in [4.69, 9.17) is 0 Å². The summed E-state index contributed by atoms with van der Waals surface area (Å²) < 4.78 is 2.46. The van der Waals surface area contributed by atoms with Gasteiger partial charge in [0.1, 0.15) is 0 Å². The molecule has 0 heterocycles. The summed E-state index contributed by atoms with van der Waals surface area (Å²) in [5, 5.41) is 3.19. The summed E-state index contributed by atoms with van der Waals surface area (Å²) in [4.78, 5) is 0. The van der Waals surface area contributed by atoms with Crippen LogP contribution >= 0.6 is 31.9 Å². The number of halogens is 2. The Morgan fingerprint density at radius 1 is 1.00 bits per heavy atom. The van der Waals surface area contributed by atoms with Crippen LogP contribution in [0, 0.1) is 6.92 Å². The predicted molar refractivity (Wildman–Crippen MR) is 82.7 cm³/mol. The van der Waals surface area contributed by atoms with Gasteiger partial charge in [0, 0.05) is 8.95 Å². The third-order valence-electron chi connectivity index (χ3n) is 2.95. The van der Waals surface area contributed by atoms with E-state index < -0.39 is 0 Å². The normalized spacial score (nSPS) is 10.8. The fraction of sp³-hybridized carbons (Fsp3) is 0.571. The largest absolute Gasteiger partial charge is 0.320 e. The molecule has 0 amide bonds. The van der Waals surface area contributed by atoms with Crippen molar-refractivity contribution in [1.29, 1.82) is 0 Å². The second kappa shape index (κ2) is 8.28. The van der Waals surface area contributed by atoms with Crippen LogP contribution in [-0.4, -0.2) is 13.6 Å². The molecule has 0 aliphatic rings. The van der Waals surface area contributed by atoms with E-state index in [9.17, 15) is 0 Å². The average molecular weight is 363 g/mol. The first kappa shape index (κ1) is 15.2. The van der Waals surface area contributed by atoms with E-state index in [0.717, 1.165) is 6.54 Å². The number of hydrogen-bond acceptors (Lipinski definition) is 1. The van der Waals surface area contributed by atoms with Crippen LogP contribution in [0.15, 0.2) is 21.1 Å². The van der Waals surface area contributed by atoms with Crippen LogP contribution in [0.5, 0.6) is 0 Å². The number of rotatable bonds is 7. The molecule has 96 valence electrons. The molecular formula is C14H21Br2N.